The Kier molecular flexibility index (Phi) is 3.25. The molecule has 1 saturated heterocycles. The highest BCUT2D eigenvalue weighted by Gasteiger charge is 2.49. The van der Waals surface area contributed by atoms with Crippen LogP contribution in [0.1, 0.15) is 20.8 Å². The standard InChI is InChI=1S/C11H19N3O3S/c1-4-13-5-10(12-8-13)18(16,17)14-6-11(15,7-14)9(2)3/h5,8-9,15H,4,6-7H2,1-3H3. The van der Waals surface area contributed by atoms with E-state index in [0.29, 0.717) is 6.54 Å². The van der Waals surface area contributed by atoms with Crippen LogP contribution in [-0.2, 0) is 16.6 Å². The lowest BCUT2D eigenvalue weighted by molar-refractivity contribution is -0.0933. The SMILES string of the molecule is CCn1cnc(S(=O)(=O)N2CC(O)(C(C)C)C2)c1. The van der Waals surface area contributed by atoms with Gasteiger partial charge in [-0.05, 0) is 12.8 Å². The third-order valence-electron chi connectivity index (χ3n) is 3.55. The number of nitrogens with zero attached hydrogens (tertiary/aromatic N) is 3. The van der Waals surface area contributed by atoms with E-state index >= 15 is 0 Å². The summed E-state index contributed by atoms with van der Waals surface area (Å²) >= 11 is 0. The number of hydrogen-bond acceptors (Lipinski definition) is 4. The molecule has 2 heterocycles. The molecule has 2 rings (SSSR count). The molecule has 0 saturated carbocycles. The summed E-state index contributed by atoms with van der Waals surface area (Å²) in [4.78, 5) is 3.91. The lowest BCUT2D eigenvalue weighted by atomic mass is 9.85. The van der Waals surface area contributed by atoms with Gasteiger partial charge >= 0.3 is 0 Å². The molecule has 0 spiro atoms. The second-order valence-electron chi connectivity index (χ2n) is 5.07. The minimum atomic E-state index is -3.55. The van der Waals surface area contributed by atoms with Crippen molar-refractivity contribution in [1.82, 2.24) is 13.9 Å². The summed E-state index contributed by atoms with van der Waals surface area (Å²) < 4.78 is 27.4. The Balaban J connectivity index is 2.15. The molecule has 1 fully saturated rings. The maximum Gasteiger partial charge on any atom is 0.262 e. The number of rotatable bonds is 4. The van der Waals surface area contributed by atoms with Crippen LogP contribution in [0.15, 0.2) is 17.6 Å². The Hall–Kier alpha value is -0.920. The molecule has 1 N–H and O–H groups in total. The van der Waals surface area contributed by atoms with Gasteiger partial charge in [-0.1, -0.05) is 13.8 Å². The molecule has 0 unspecified atom stereocenters. The summed E-state index contributed by atoms with van der Waals surface area (Å²) in [5, 5.41) is 10.1. The monoisotopic (exact) mass is 273 g/mol. The van der Waals surface area contributed by atoms with Crippen LogP contribution in [0.5, 0.6) is 0 Å². The molecule has 0 aromatic carbocycles. The largest absolute Gasteiger partial charge is 0.387 e. The van der Waals surface area contributed by atoms with Gasteiger partial charge in [0.15, 0.2) is 5.03 Å². The number of aryl methyl sites for hydroxylation is 1. The van der Waals surface area contributed by atoms with E-state index in [9.17, 15) is 13.5 Å². The molecule has 1 aromatic rings. The third-order valence-corrected chi connectivity index (χ3v) is 5.23. The van der Waals surface area contributed by atoms with Crippen LogP contribution in [0, 0.1) is 5.92 Å². The van der Waals surface area contributed by atoms with Crippen LogP contribution in [0.2, 0.25) is 0 Å². The fourth-order valence-corrected chi connectivity index (χ4v) is 3.38. The zero-order chi connectivity index (χ0) is 13.6. The smallest absolute Gasteiger partial charge is 0.262 e. The highest BCUT2D eigenvalue weighted by molar-refractivity contribution is 7.89. The number of aromatic nitrogens is 2. The van der Waals surface area contributed by atoms with Crippen molar-refractivity contribution in [2.45, 2.75) is 37.9 Å². The lowest BCUT2D eigenvalue weighted by Crippen LogP contribution is -2.65. The molecule has 6 nitrogen and oxygen atoms in total. The van der Waals surface area contributed by atoms with Crippen molar-refractivity contribution < 1.29 is 13.5 Å². The van der Waals surface area contributed by atoms with Crippen LogP contribution in [0.25, 0.3) is 0 Å². The Morgan fingerprint density at radius 1 is 1.50 bits per heavy atom. The van der Waals surface area contributed by atoms with Crippen LogP contribution in [-0.4, -0.2) is 46.1 Å². The average Bonchev–Trinajstić information content (AvgIpc) is 2.73. The van der Waals surface area contributed by atoms with E-state index in [1.165, 1.54) is 16.8 Å². The third kappa shape index (κ3) is 2.06. The van der Waals surface area contributed by atoms with Crippen molar-refractivity contribution in [1.29, 1.82) is 0 Å². The van der Waals surface area contributed by atoms with Crippen LogP contribution in [0.3, 0.4) is 0 Å². The molecule has 0 bridgehead atoms. The zero-order valence-corrected chi connectivity index (χ0v) is 11.7. The highest BCUT2D eigenvalue weighted by Crippen LogP contribution is 2.32. The van der Waals surface area contributed by atoms with Gasteiger partial charge < -0.3 is 9.67 Å². The van der Waals surface area contributed by atoms with Gasteiger partial charge in [-0.2, -0.15) is 4.31 Å². The summed E-state index contributed by atoms with van der Waals surface area (Å²) in [5.74, 6) is 0.0390. The van der Waals surface area contributed by atoms with Gasteiger partial charge in [0.25, 0.3) is 10.0 Å². The average molecular weight is 273 g/mol. The van der Waals surface area contributed by atoms with E-state index in [1.807, 2.05) is 20.8 Å². The normalized spacial score (nSPS) is 20.1. The van der Waals surface area contributed by atoms with Crippen molar-refractivity contribution in [2.75, 3.05) is 13.1 Å². The molecule has 0 atom stereocenters. The Morgan fingerprint density at radius 3 is 2.56 bits per heavy atom. The fraction of sp³-hybridized carbons (Fsp3) is 0.727. The fourth-order valence-electron chi connectivity index (χ4n) is 1.88. The quantitative estimate of drug-likeness (QED) is 0.856. The number of aliphatic hydroxyl groups is 1. The van der Waals surface area contributed by atoms with Crippen molar-refractivity contribution in [3.63, 3.8) is 0 Å². The number of sulfonamides is 1. The topological polar surface area (TPSA) is 75.4 Å². The van der Waals surface area contributed by atoms with E-state index in [-0.39, 0.29) is 24.0 Å². The summed E-state index contributed by atoms with van der Waals surface area (Å²) in [7, 11) is -3.55. The van der Waals surface area contributed by atoms with E-state index in [1.54, 1.807) is 4.57 Å². The second kappa shape index (κ2) is 4.32. The minimum absolute atomic E-state index is 0.0390. The molecule has 0 aliphatic carbocycles. The number of imidazole rings is 1. The molecule has 7 heteroatoms. The molecule has 18 heavy (non-hydrogen) atoms. The molecule has 1 aromatic heterocycles. The molecule has 1 aliphatic heterocycles. The first-order chi connectivity index (χ1) is 8.29. The zero-order valence-electron chi connectivity index (χ0n) is 10.9. The minimum Gasteiger partial charge on any atom is -0.387 e. The summed E-state index contributed by atoms with van der Waals surface area (Å²) in [6.45, 7) is 6.65. The van der Waals surface area contributed by atoms with Gasteiger partial charge in [0.1, 0.15) is 0 Å². The first kappa shape index (κ1) is 13.5. The van der Waals surface area contributed by atoms with Crippen molar-refractivity contribution in [3.8, 4) is 0 Å². The first-order valence-corrected chi connectivity index (χ1v) is 7.48. The van der Waals surface area contributed by atoms with Crippen LogP contribution in [0.4, 0.5) is 0 Å². The van der Waals surface area contributed by atoms with Crippen molar-refractivity contribution in [3.05, 3.63) is 12.5 Å². The maximum absolute atomic E-state index is 12.2. The Morgan fingerprint density at radius 2 is 2.11 bits per heavy atom. The predicted molar refractivity (Wildman–Crippen MR) is 66.4 cm³/mol. The molecular formula is C11H19N3O3S. The van der Waals surface area contributed by atoms with E-state index in [0.717, 1.165) is 0 Å². The van der Waals surface area contributed by atoms with Gasteiger partial charge in [-0.3, -0.25) is 0 Å². The number of β-amino-alcohol motifs (C(OH)–C–C–N with tert-alkyl or cyclic N) is 1. The molecule has 1 aliphatic rings. The van der Waals surface area contributed by atoms with Gasteiger partial charge in [0.2, 0.25) is 0 Å². The van der Waals surface area contributed by atoms with Gasteiger partial charge in [-0.25, -0.2) is 13.4 Å². The van der Waals surface area contributed by atoms with Gasteiger partial charge in [0.05, 0.1) is 11.9 Å². The summed E-state index contributed by atoms with van der Waals surface area (Å²) in [6, 6.07) is 0. The molecule has 0 amide bonds. The first-order valence-electron chi connectivity index (χ1n) is 6.04. The summed E-state index contributed by atoms with van der Waals surface area (Å²) in [6.07, 6.45) is 3.02. The highest BCUT2D eigenvalue weighted by atomic mass is 32.2. The van der Waals surface area contributed by atoms with Crippen molar-refractivity contribution >= 4 is 10.0 Å². The number of hydrogen-bond donors (Lipinski definition) is 1. The Labute approximate surface area is 107 Å². The molecule has 0 radical (unpaired) electrons. The van der Waals surface area contributed by atoms with E-state index < -0.39 is 15.6 Å². The maximum atomic E-state index is 12.2. The molecule has 102 valence electrons. The molecular weight excluding hydrogens is 254 g/mol. The van der Waals surface area contributed by atoms with Crippen molar-refractivity contribution in [2.24, 2.45) is 5.92 Å². The van der Waals surface area contributed by atoms with E-state index in [4.69, 9.17) is 0 Å². The Bertz CT molecular complexity index is 529. The van der Waals surface area contributed by atoms with Crippen LogP contribution >= 0.6 is 0 Å². The van der Waals surface area contributed by atoms with Gasteiger partial charge in [-0.15, -0.1) is 0 Å². The summed E-state index contributed by atoms with van der Waals surface area (Å²) in [5.41, 5.74) is -0.902. The van der Waals surface area contributed by atoms with Crippen LogP contribution < -0.4 is 0 Å². The van der Waals surface area contributed by atoms with Gasteiger partial charge in [0, 0.05) is 25.8 Å². The lowest BCUT2D eigenvalue weighted by Gasteiger charge is -2.47. The predicted octanol–water partition coefficient (Wildman–Crippen LogP) is 0.294. The van der Waals surface area contributed by atoms with E-state index in [2.05, 4.69) is 4.98 Å². The second-order valence-corrected chi connectivity index (χ2v) is 6.96.